The minimum Gasteiger partial charge on any atom is -0.336 e. The average molecular weight is 337 g/mol. The molecule has 2 aliphatic rings. The predicted octanol–water partition coefficient (Wildman–Crippen LogP) is 1.39. The van der Waals surface area contributed by atoms with Crippen LogP contribution in [-0.2, 0) is 4.79 Å². The van der Waals surface area contributed by atoms with Gasteiger partial charge in [-0.1, -0.05) is 6.92 Å². The second kappa shape index (κ2) is 5.91. The van der Waals surface area contributed by atoms with Crippen molar-refractivity contribution >= 4 is 17.5 Å². The van der Waals surface area contributed by atoms with E-state index in [0.717, 1.165) is 12.1 Å². The SMILES string of the molecule is C[C@H]1CN(C(=O)c2cnccn2)C[C@@]12CCN(c1cccnc1)C2=O. The summed E-state index contributed by atoms with van der Waals surface area (Å²) in [4.78, 5) is 41.5. The molecule has 4 rings (SSSR count). The number of hydrogen-bond acceptors (Lipinski definition) is 5. The molecule has 0 aliphatic carbocycles. The fourth-order valence-corrected chi connectivity index (χ4v) is 3.94. The Morgan fingerprint density at radius 2 is 2.08 bits per heavy atom. The topological polar surface area (TPSA) is 79.3 Å². The van der Waals surface area contributed by atoms with Crippen molar-refractivity contribution in [3.05, 3.63) is 48.8 Å². The monoisotopic (exact) mass is 337 g/mol. The quantitative estimate of drug-likeness (QED) is 0.827. The average Bonchev–Trinajstić information content (AvgIpc) is 3.17. The third kappa shape index (κ3) is 2.47. The summed E-state index contributed by atoms with van der Waals surface area (Å²) < 4.78 is 0. The van der Waals surface area contributed by atoms with Gasteiger partial charge in [0, 0.05) is 38.2 Å². The molecule has 7 nitrogen and oxygen atoms in total. The van der Waals surface area contributed by atoms with Crippen molar-refractivity contribution in [1.82, 2.24) is 19.9 Å². The van der Waals surface area contributed by atoms with Crippen molar-refractivity contribution in [1.29, 1.82) is 0 Å². The van der Waals surface area contributed by atoms with Crippen molar-refractivity contribution < 1.29 is 9.59 Å². The molecule has 2 amide bonds. The number of nitrogens with zero attached hydrogens (tertiary/aromatic N) is 5. The van der Waals surface area contributed by atoms with E-state index in [1.165, 1.54) is 18.6 Å². The van der Waals surface area contributed by atoms with Gasteiger partial charge in [0.25, 0.3) is 5.91 Å². The van der Waals surface area contributed by atoms with Gasteiger partial charge in [-0.2, -0.15) is 0 Å². The first-order valence-electron chi connectivity index (χ1n) is 8.39. The Labute approximate surface area is 145 Å². The lowest BCUT2D eigenvalue weighted by Gasteiger charge is -2.26. The number of carbonyl (C=O) groups is 2. The molecule has 0 N–H and O–H groups in total. The Morgan fingerprint density at radius 3 is 2.80 bits per heavy atom. The Kier molecular flexibility index (Phi) is 3.71. The molecule has 0 unspecified atom stereocenters. The molecule has 0 aromatic carbocycles. The van der Waals surface area contributed by atoms with E-state index in [0.29, 0.717) is 25.3 Å². The summed E-state index contributed by atoms with van der Waals surface area (Å²) in [6.45, 7) is 3.69. The fourth-order valence-electron chi connectivity index (χ4n) is 3.94. The predicted molar refractivity (Wildman–Crippen MR) is 90.7 cm³/mol. The van der Waals surface area contributed by atoms with Gasteiger partial charge in [0.15, 0.2) is 0 Å². The molecule has 2 atom stereocenters. The zero-order valence-corrected chi connectivity index (χ0v) is 14.0. The maximum atomic E-state index is 13.2. The highest BCUT2D eigenvalue weighted by Gasteiger charge is 2.56. The fraction of sp³-hybridized carbons (Fsp3) is 0.389. The molecule has 0 saturated carbocycles. The van der Waals surface area contributed by atoms with Crippen LogP contribution >= 0.6 is 0 Å². The van der Waals surface area contributed by atoms with Crippen LogP contribution in [-0.4, -0.2) is 51.3 Å². The number of likely N-dealkylation sites (tertiary alicyclic amines) is 1. The third-order valence-corrected chi connectivity index (χ3v) is 5.39. The second-order valence-corrected chi connectivity index (χ2v) is 6.75. The molecule has 2 fully saturated rings. The second-order valence-electron chi connectivity index (χ2n) is 6.75. The van der Waals surface area contributed by atoms with Crippen LogP contribution in [0.1, 0.15) is 23.8 Å². The molecule has 2 aromatic rings. The van der Waals surface area contributed by atoms with E-state index in [1.54, 1.807) is 22.2 Å². The molecule has 2 aliphatic heterocycles. The van der Waals surface area contributed by atoms with Crippen molar-refractivity contribution in [3.8, 4) is 0 Å². The normalized spacial score (nSPS) is 25.8. The van der Waals surface area contributed by atoms with Crippen molar-refractivity contribution in [2.75, 3.05) is 24.5 Å². The highest BCUT2D eigenvalue weighted by atomic mass is 16.2. The highest BCUT2D eigenvalue weighted by Crippen LogP contribution is 2.46. The molecular formula is C18H19N5O2. The minimum absolute atomic E-state index is 0.0856. The maximum absolute atomic E-state index is 13.2. The first kappa shape index (κ1) is 15.7. The minimum atomic E-state index is -0.520. The molecule has 7 heteroatoms. The zero-order chi connectivity index (χ0) is 17.4. The van der Waals surface area contributed by atoms with E-state index in [9.17, 15) is 9.59 Å². The first-order chi connectivity index (χ1) is 12.1. The number of aromatic nitrogens is 3. The van der Waals surface area contributed by atoms with E-state index >= 15 is 0 Å². The molecule has 128 valence electrons. The van der Waals surface area contributed by atoms with Gasteiger partial charge in [-0.05, 0) is 24.5 Å². The number of anilines is 1. The van der Waals surface area contributed by atoms with Gasteiger partial charge in [-0.3, -0.25) is 19.6 Å². The molecular weight excluding hydrogens is 318 g/mol. The summed E-state index contributed by atoms with van der Waals surface area (Å²) in [5, 5.41) is 0. The zero-order valence-electron chi connectivity index (χ0n) is 14.0. The van der Waals surface area contributed by atoms with Gasteiger partial charge in [0.1, 0.15) is 5.69 Å². The number of rotatable bonds is 2. The lowest BCUT2D eigenvalue weighted by atomic mass is 9.78. The van der Waals surface area contributed by atoms with Gasteiger partial charge in [0.05, 0.1) is 23.5 Å². The van der Waals surface area contributed by atoms with Crippen LogP contribution in [0.5, 0.6) is 0 Å². The molecule has 0 radical (unpaired) electrons. The molecule has 0 bridgehead atoms. The van der Waals surface area contributed by atoms with Crippen LogP contribution < -0.4 is 4.90 Å². The molecule has 2 saturated heterocycles. The van der Waals surface area contributed by atoms with Crippen LogP contribution in [0.25, 0.3) is 0 Å². The van der Waals surface area contributed by atoms with Crippen LogP contribution in [0.2, 0.25) is 0 Å². The van der Waals surface area contributed by atoms with Crippen LogP contribution in [0.15, 0.2) is 43.1 Å². The van der Waals surface area contributed by atoms with Gasteiger partial charge in [-0.25, -0.2) is 4.98 Å². The Morgan fingerprint density at radius 1 is 1.24 bits per heavy atom. The van der Waals surface area contributed by atoms with Gasteiger partial charge < -0.3 is 9.80 Å². The maximum Gasteiger partial charge on any atom is 0.274 e. The summed E-state index contributed by atoms with van der Waals surface area (Å²) in [7, 11) is 0. The molecule has 4 heterocycles. The van der Waals surface area contributed by atoms with E-state index in [-0.39, 0.29) is 17.7 Å². The van der Waals surface area contributed by atoms with Gasteiger partial charge >= 0.3 is 0 Å². The summed E-state index contributed by atoms with van der Waals surface area (Å²) in [5.74, 6) is 0.0224. The number of pyridine rings is 1. The number of carbonyl (C=O) groups excluding carboxylic acids is 2. The van der Waals surface area contributed by atoms with Crippen molar-refractivity contribution in [2.24, 2.45) is 11.3 Å². The van der Waals surface area contributed by atoms with E-state index in [2.05, 4.69) is 21.9 Å². The largest absolute Gasteiger partial charge is 0.336 e. The van der Waals surface area contributed by atoms with Crippen LogP contribution in [0.4, 0.5) is 5.69 Å². The first-order valence-corrected chi connectivity index (χ1v) is 8.39. The van der Waals surface area contributed by atoms with Crippen LogP contribution in [0, 0.1) is 11.3 Å². The third-order valence-electron chi connectivity index (χ3n) is 5.39. The molecule has 1 spiro atoms. The summed E-state index contributed by atoms with van der Waals surface area (Å²) in [5.41, 5.74) is 0.616. The molecule has 25 heavy (non-hydrogen) atoms. The summed E-state index contributed by atoms with van der Waals surface area (Å²) >= 11 is 0. The number of hydrogen-bond donors (Lipinski definition) is 0. The highest BCUT2D eigenvalue weighted by molar-refractivity contribution is 6.01. The van der Waals surface area contributed by atoms with Gasteiger partial charge in [0.2, 0.25) is 5.91 Å². The van der Waals surface area contributed by atoms with Gasteiger partial charge in [-0.15, -0.1) is 0 Å². The van der Waals surface area contributed by atoms with Crippen LogP contribution in [0.3, 0.4) is 0 Å². The number of amides is 2. The van der Waals surface area contributed by atoms with E-state index in [1.807, 2.05) is 12.1 Å². The molecule has 2 aromatic heterocycles. The Bertz CT molecular complexity index is 798. The standard InChI is InChI=1S/C18H19N5O2/c1-13-11-22(16(24)15-10-20-6-7-21-15)12-18(13)4-8-23(17(18)25)14-3-2-5-19-9-14/h2-3,5-7,9-10,13H,4,8,11-12H2,1H3/t13-,18-/m0/s1. The Hall–Kier alpha value is -2.83. The lowest BCUT2D eigenvalue weighted by molar-refractivity contribution is -0.126. The van der Waals surface area contributed by atoms with E-state index in [4.69, 9.17) is 0 Å². The summed E-state index contributed by atoms with van der Waals surface area (Å²) in [6, 6.07) is 3.72. The van der Waals surface area contributed by atoms with Crippen molar-refractivity contribution in [3.63, 3.8) is 0 Å². The Balaban J connectivity index is 1.57. The van der Waals surface area contributed by atoms with E-state index < -0.39 is 5.41 Å². The summed E-state index contributed by atoms with van der Waals surface area (Å²) in [6.07, 6.45) is 8.66. The smallest absolute Gasteiger partial charge is 0.274 e. The lowest BCUT2D eigenvalue weighted by Crippen LogP contribution is -2.40. The van der Waals surface area contributed by atoms with Crippen molar-refractivity contribution in [2.45, 2.75) is 13.3 Å².